The molecule has 22 heavy (non-hydrogen) atoms. The summed E-state index contributed by atoms with van der Waals surface area (Å²) in [5, 5.41) is 5.88. The molecule has 0 aliphatic heterocycles. The van der Waals surface area contributed by atoms with Gasteiger partial charge in [0.15, 0.2) is 12.6 Å². The van der Waals surface area contributed by atoms with Gasteiger partial charge in [0.05, 0.1) is 13.1 Å². The summed E-state index contributed by atoms with van der Waals surface area (Å²) in [5.41, 5.74) is 0.560. The summed E-state index contributed by atoms with van der Waals surface area (Å²) in [6, 6.07) is 6.48. The first-order chi connectivity index (χ1) is 10.5. The van der Waals surface area contributed by atoms with Gasteiger partial charge in [0.2, 0.25) is 0 Å². The van der Waals surface area contributed by atoms with Crippen LogP contribution in [0.15, 0.2) is 29.3 Å². The van der Waals surface area contributed by atoms with Gasteiger partial charge in [-0.15, -0.1) is 6.42 Å². The lowest BCUT2D eigenvalue weighted by molar-refractivity contribution is -0.153. The van der Waals surface area contributed by atoms with Gasteiger partial charge < -0.3 is 15.4 Å². The van der Waals surface area contributed by atoms with E-state index in [1.165, 1.54) is 6.07 Å². The number of halogens is 3. The van der Waals surface area contributed by atoms with Gasteiger partial charge in [0.25, 0.3) is 0 Å². The maximum Gasteiger partial charge on any atom is 0.422 e. The Morgan fingerprint density at radius 1 is 1.32 bits per heavy atom. The molecule has 0 saturated heterocycles. The van der Waals surface area contributed by atoms with E-state index in [-0.39, 0.29) is 12.3 Å². The van der Waals surface area contributed by atoms with Crippen LogP contribution in [0.4, 0.5) is 13.2 Å². The first kappa shape index (κ1) is 17.7. The molecule has 0 aliphatic rings. The van der Waals surface area contributed by atoms with Crippen LogP contribution in [0.25, 0.3) is 0 Å². The third-order valence-corrected chi connectivity index (χ3v) is 2.47. The zero-order valence-electron chi connectivity index (χ0n) is 12.2. The molecule has 0 saturated carbocycles. The Balaban J connectivity index is 2.77. The highest BCUT2D eigenvalue weighted by Gasteiger charge is 2.28. The van der Waals surface area contributed by atoms with E-state index in [4.69, 9.17) is 11.2 Å². The molecule has 4 nitrogen and oxygen atoms in total. The third kappa shape index (κ3) is 6.88. The van der Waals surface area contributed by atoms with Crippen LogP contribution in [0.1, 0.15) is 12.5 Å². The van der Waals surface area contributed by atoms with E-state index in [0.717, 1.165) is 0 Å². The minimum Gasteiger partial charge on any atom is -0.484 e. The number of hydrogen-bond acceptors (Lipinski definition) is 2. The van der Waals surface area contributed by atoms with Gasteiger partial charge in [-0.1, -0.05) is 24.1 Å². The van der Waals surface area contributed by atoms with Crippen LogP contribution >= 0.6 is 0 Å². The number of ether oxygens (including phenoxy) is 1. The Kier molecular flexibility index (Phi) is 7.09. The second-order valence-corrected chi connectivity index (χ2v) is 4.26. The number of nitrogens with zero attached hydrogens (tertiary/aromatic N) is 1. The van der Waals surface area contributed by atoms with Crippen LogP contribution in [0, 0.1) is 12.3 Å². The Hall–Kier alpha value is -2.36. The first-order valence-corrected chi connectivity index (χ1v) is 6.69. The van der Waals surface area contributed by atoms with Gasteiger partial charge in [-0.2, -0.15) is 13.2 Å². The lowest BCUT2D eigenvalue weighted by Gasteiger charge is -2.13. The fourth-order valence-electron chi connectivity index (χ4n) is 1.58. The molecule has 7 heteroatoms. The van der Waals surface area contributed by atoms with Crippen LogP contribution in [0.5, 0.6) is 5.75 Å². The molecule has 0 aromatic heterocycles. The monoisotopic (exact) mass is 313 g/mol. The Morgan fingerprint density at radius 2 is 2.05 bits per heavy atom. The fraction of sp³-hybridized carbons (Fsp3) is 0.400. The van der Waals surface area contributed by atoms with Crippen LogP contribution in [0.3, 0.4) is 0 Å². The van der Waals surface area contributed by atoms with E-state index in [2.05, 4.69) is 21.5 Å². The molecule has 0 amide bonds. The van der Waals surface area contributed by atoms with Crippen molar-refractivity contribution in [2.45, 2.75) is 19.6 Å². The van der Waals surface area contributed by atoms with Crippen molar-refractivity contribution in [1.29, 1.82) is 0 Å². The zero-order chi connectivity index (χ0) is 16.4. The van der Waals surface area contributed by atoms with E-state index in [1.807, 2.05) is 6.92 Å². The molecule has 0 unspecified atom stereocenters. The van der Waals surface area contributed by atoms with Gasteiger partial charge in [-0.25, -0.2) is 4.99 Å². The predicted octanol–water partition coefficient (Wildman–Crippen LogP) is 2.32. The normalized spacial score (nSPS) is 11.7. The Morgan fingerprint density at radius 3 is 2.68 bits per heavy atom. The van der Waals surface area contributed by atoms with Gasteiger partial charge in [0, 0.05) is 12.1 Å². The average molecular weight is 313 g/mol. The molecule has 0 radical (unpaired) electrons. The predicted molar refractivity (Wildman–Crippen MR) is 79.6 cm³/mol. The maximum atomic E-state index is 12.2. The highest BCUT2D eigenvalue weighted by atomic mass is 19.4. The largest absolute Gasteiger partial charge is 0.484 e. The standard InChI is InChI=1S/C15H18F3N3O/c1-3-9-20-14(19-4-2)21-10-12-7-5-6-8-13(12)22-11-15(16,17)18/h1,5-8H,4,9-11H2,2H3,(H2,19,20,21). The smallest absolute Gasteiger partial charge is 0.422 e. The van der Waals surface area contributed by atoms with Crippen molar-refractivity contribution in [2.24, 2.45) is 4.99 Å². The molecule has 120 valence electrons. The first-order valence-electron chi connectivity index (χ1n) is 6.69. The molecule has 0 spiro atoms. The number of terminal acetylenes is 1. The summed E-state index contributed by atoms with van der Waals surface area (Å²) in [4.78, 5) is 4.26. The van der Waals surface area contributed by atoms with Gasteiger partial charge in [-0.3, -0.25) is 0 Å². The number of benzene rings is 1. The lowest BCUT2D eigenvalue weighted by Crippen LogP contribution is -2.37. The minimum absolute atomic E-state index is 0.163. The molecule has 1 aromatic carbocycles. The molecule has 0 heterocycles. The molecule has 0 atom stereocenters. The summed E-state index contributed by atoms with van der Waals surface area (Å²) < 4.78 is 41.5. The summed E-state index contributed by atoms with van der Waals surface area (Å²) in [7, 11) is 0. The second-order valence-electron chi connectivity index (χ2n) is 4.26. The SMILES string of the molecule is C#CCNC(=NCc1ccccc1OCC(F)(F)F)NCC. The van der Waals surface area contributed by atoms with Gasteiger partial charge in [-0.05, 0) is 13.0 Å². The summed E-state index contributed by atoms with van der Waals surface area (Å²) in [6.45, 7) is 1.69. The molecule has 1 aromatic rings. The highest BCUT2D eigenvalue weighted by molar-refractivity contribution is 5.80. The molecular formula is C15H18F3N3O. The number of hydrogen-bond donors (Lipinski definition) is 2. The number of para-hydroxylation sites is 1. The summed E-state index contributed by atoms with van der Waals surface area (Å²) in [5.74, 6) is 3.08. The molecule has 0 bridgehead atoms. The van der Waals surface area contributed by atoms with Crippen molar-refractivity contribution in [3.8, 4) is 18.1 Å². The van der Waals surface area contributed by atoms with E-state index >= 15 is 0 Å². The van der Waals surface area contributed by atoms with Gasteiger partial charge in [0.1, 0.15) is 5.75 Å². The lowest BCUT2D eigenvalue weighted by atomic mass is 10.2. The maximum absolute atomic E-state index is 12.2. The van der Waals surface area contributed by atoms with Crippen LogP contribution in [-0.4, -0.2) is 31.8 Å². The Labute approximate surface area is 127 Å². The van der Waals surface area contributed by atoms with E-state index in [9.17, 15) is 13.2 Å². The van der Waals surface area contributed by atoms with E-state index in [1.54, 1.807) is 18.2 Å². The molecule has 0 fully saturated rings. The van der Waals surface area contributed by atoms with Crippen LogP contribution in [-0.2, 0) is 6.54 Å². The van der Waals surface area contributed by atoms with Gasteiger partial charge >= 0.3 is 6.18 Å². The average Bonchev–Trinajstić information content (AvgIpc) is 2.48. The van der Waals surface area contributed by atoms with Crippen molar-refractivity contribution in [3.05, 3.63) is 29.8 Å². The molecule has 2 N–H and O–H groups in total. The van der Waals surface area contributed by atoms with Crippen LogP contribution < -0.4 is 15.4 Å². The quantitative estimate of drug-likeness (QED) is 0.481. The second kappa shape index (κ2) is 8.82. The number of nitrogens with one attached hydrogen (secondary N) is 2. The number of guanidine groups is 1. The van der Waals surface area contributed by atoms with Crippen molar-refractivity contribution < 1.29 is 17.9 Å². The highest BCUT2D eigenvalue weighted by Crippen LogP contribution is 2.22. The van der Waals surface area contributed by atoms with E-state index in [0.29, 0.717) is 24.6 Å². The summed E-state index contributed by atoms with van der Waals surface area (Å²) >= 11 is 0. The Bertz CT molecular complexity index is 536. The number of alkyl halides is 3. The van der Waals surface area contributed by atoms with Crippen molar-refractivity contribution in [1.82, 2.24) is 10.6 Å². The number of rotatable bonds is 6. The van der Waals surface area contributed by atoms with Crippen molar-refractivity contribution in [3.63, 3.8) is 0 Å². The summed E-state index contributed by atoms with van der Waals surface area (Å²) in [6.07, 6.45) is 0.787. The fourth-order valence-corrected chi connectivity index (χ4v) is 1.58. The van der Waals surface area contributed by atoms with E-state index < -0.39 is 12.8 Å². The number of aliphatic imine (C=N–C) groups is 1. The molecule has 1 rings (SSSR count). The van der Waals surface area contributed by atoms with Crippen molar-refractivity contribution >= 4 is 5.96 Å². The topological polar surface area (TPSA) is 45.7 Å². The van der Waals surface area contributed by atoms with Crippen molar-refractivity contribution in [2.75, 3.05) is 19.7 Å². The molecular weight excluding hydrogens is 295 g/mol. The zero-order valence-corrected chi connectivity index (χ0v) is 12.2. The molecule has 0 aliphatic carbocycles. The van der Waals surface area contributed by atoms with Crippen LogP contribution in [0.2, 0.25) is 0 Å². The third-order valence-electron chi connectivity index (χ3n) is 2.47. The minimum atomic E-state index is -4.38.